The second kappa shape index (κ2) is 6.86. The molecule has 0 spiro atoms. The zero-order valence-corrected chi connectivity index (χ0v) is 17.7. The van der Waals surface area contributed by atoms with Crippen molar-refractivity contribution >= 4 is 28.1 Å². The number of hydrogen-bond acceptors (Lipinski definition) is 6. The highest BCUT2D eigenvalue weighted by Gasteiger charge is 2.41. The molecule has 0 saturated heterocycles. The molecule has 0 bridgehead atoms. The molecule has 1 aliphatic rings. The number of anilines is 2. The lowest BCUT2D eigenvalue weighted by Crippen LogP contribution is -2.32. The van der Waals surface area contributed by atoms with E-state index < -0.39 is 5.97 Å². The van der Waals surface area contributed by atoms with Crippen LogP contribution in [0.2, 0.25) is 0 Å². The van der Waals surface area contributed by atoms with Crippen LogP contribution in [0.15, 0.2) is 12.4 Å². The standard InChI is InChI=1S/C20H28N4O2S/c1-12(2)11-24(13-9-21-16(17(25)26)22-10-13)18-23-14-15(27-18)20(5,6)8-7-19(14,3)4/h9-10,12H,7-8,11H2,1-6H3,(H,25,26). The Bertz CT molecular complexity index is 807. The maximum atomic E-state index is 11.1. The van der Waals surface area contributed by atoms with Crippen LogP contribution in [0.1, 0.15) is 75.6 Å². The number of carboxylic acid groups (broad SMARTS) is 1. The molecule has 0 atom stereocenters. The molecule has 27 heavy (non-hydrogen) atoms. The molecule has 1 aliphatic carbocycles. The quantitative estimate of drug-likeness (QED) is 0.794. The van der Waals surface area contributed by atoms with Gasteiger partial charge < -0.3 is 10.0 Å². The van der Waals surface area contributed by atoms with Gasteiger partial charge in [0.05, 0.1) is 23.8 Å². The molecule has 0 unspecified atom stereocenters. The van der Waals surface area contributed by atoms with Crippen molar-refractivity contribution < 1.29 is 9.90 Å². The van der Waals surface area contributed by atoms with Crippen molar-refractivity contribution in [3.63, 3.8) is 0 Å². The smallest absolute Gasteiger partial charge is 0.373 e. The highest BCUT2D eigenvalue weighted by Crippen LogP contribution is 2.50. The molecule has 2 heterocycles. The van der Waals surface area contributed by atoms with Gasteiger partial charge in [-0.05, 0) is 18.8 Å². The summed E-state index contributed by atoms with van der Waals surface area (Å²) in [5, 5.41) is 9.99. The maximum absolute atomic E-state index is 11.1. The first-order valence-corrected chi connectivity index (χ1v) is 10.2. The molecule has 3 rings (SSSR count). The number of thiazole rings is 1. The Morgan fingerprint density at radius 1 is 1.19 bits per heavy atom. The summed E-state index contributed by atoms with van der Waals surface area (Å²) in [5.41, 5.74) is 2.15. The number of carbonyl (C=O) groups is 1. The molecular formula is C20H28N4O2S. The van der Waals surface area contributed by atoms with E-state index in [0.29, 0.717) is 5.92 Å². The first kappa shape index (κ1) is 19.7. The molecule has 0 radical (unpaired) electrons. The van der Waals surface area contributed by atoms with Gasteiger partial charge in [-0.3, -0.25) is 0 Å². The highest BCUT2D eigenvalue weighted by atomic mass is 32.1. The van der Waals surface area contributed by atoms with Crippen molar-refractivity contribution in [2.75, 3.05) is 11.4 Å². The summed E-state index contributed by atoms with van der Waals surface area (Å²) in [6.07, 6.45) is 5.43. The third-order valence-corrected chi connectivity index (χ3v) is 6.61. The average molecular weight is 389 g/mol. The Labute approximate surface area is 164 Å². The fraction of sp³-hybridized carbons (Fsp3) is 0.600. The van der Waals surface area contributed by atoms with E-state index in [1.165, 1.54) is 10.6 Å². The summed E-state index contributed by atoms with van der Waals surface area (Å²) in [4.78, 5) is 27.6. The van der Waals surface area contributed by atoms with E-state index in [0.717, 1.165) is 30.2 Å². The third kappa shape index (κ3) is 3.83. The van der Waals surface area contributed by atoms with Crippen molar-refractivity contribution in [1.29, 1.82) is 0 Å². The summed E-state index contributed by atoms with van der Waals surface area (Å²) in [6.45, 7) is 14.2. The average Bonchev–Trinajstić information content (AvgIpc) is 3.05. The van der Waals surface area contributed by atoms with Crippen LogP contribution in [0, 0.1) is 5.92 Å². The second-order valence-electron chi connectivity index (χ2n) is 9.02. The van der Waals surface area contributed by atoms with E-state index in [1.54, 1.807) is 23.7 Å². The van der Waals surface area contributed by atoms with Crippen LogP contribution in [0.3, 0.4) is 0 Å². The van der Waals surface area contributed by atoms with Gasteiger partial charge in [0.15, 0.2) is 5.13 Å². The number of aromatic nitrogens is 3. The molecule has 6 nitrogen and oxygen atoms in total. The minimum atomic E-state index is -1.12. The first-order valence-electron chi connectivity index (χ1n) is 9.36. The molecule has 0 saturated carbocycles. The van der Waals surface area contributed by atoms with E-state index in [-0.39, 0.29) is 16.7 Å². The summed E-state index contributed by atoms with van der Waals surface area (Å²) < 4.78 is 0. The van der Waals surface area contributed by atoms with Gasteiger partial charge in [-0.2, -0.15) is 0 Å². The number of aromatic carboxylic acids is 1. The van der Waals surface area contributed by atoms with Crippen LogP contribution in [-0.4, -0.2) is 32.6 Å². The van der Waals surface area contributed by atoms with Gasteiger partial charge in [-0.25, -0.2) is 19.7 Å². The zero-order chi connectivity index (χ0) is 20.0. The van der Waals surface area contributed by atoms with Crippen molar-refractivity contribution in [3.8, 4) is 0 Å². The summed E-state index contributed by atoms with van der Waals surface area (Å²) in [7, 11) is 0. The lowest BCUT2D eigenvalue weighted by molar-refractivity contribution is 0.0683. The Hall–Kier alpha value is -2.02. The van der Waals surface area contributed by atoms with Gasteiger partial charge in [-0.1, -0.05) is 41.5 Å². The second-order valence-corrected chi connectivity index (χ2v) is 9.99. The van der Waals surface area contributed by atoms with Gasteiger partial charge in [-0.15, -0.1) is 11.3 Å². The number of rotatable bonds is 5. The molecular weight excluding hydrogens is 360 g/mol. The van der Waals surface area contributed by atoms with Gasteiger partial charge in [0, 0.05) is 22.3 Å². The molecule has 0 fully saturated rings. The minimum absolute atomic E-state index is 0.0623. The molecule has 2 aromatic heterocycles. The van der Waals surface area contributed by atoms with Crippen LogP contribution in [0.5, 0.6) is 0 Å². The van der Waals surface area contributed by atoms with E-state index >= 15 is 0 Å². The van der Waals surface area contributed by atoms with Crippen molar-refractivity contribution in [2.24, 2.45) is 5.92 Å². The van der Waals surface area contributed by atoms with Gasteiger partial charge in [0.25, 0.3) is 0 Å². The summed E-state index contributed by atoms with van der Waals surface area (Å²) >= 11 is 1.74. The Morgan fingerprint density at radius 3 is 2.30 bits per heavy atom. The van der Waals surface area contributed by atoms with Crippen LogP contribution >= 0.6 is 11.3 Å². The topological polar surface area (TPSA) is 79.2 Å². The van der Waals surface area contributed by atoms with Crippen LogP contribution in [-0.2, 0) is 10.8 Å². The van der Waals surface area contributed by atoms with Crippen LogP contribution < -0.4 is 4.90 Å². The minimum Gasteiger partial charge on any atom is -0.475 e. The van der Waals surface area contributed by atoms with Gasteiger partial charge in [0.2, 0.25) is 5.82 Å². The number of carboxylic acids is 1. The van der Waals surface area contributed by atoms with E-state index in [4.69, 9.17) is 10.1 Å². The monoisotopic (exact) mass is 388 g/mol. The summed E-state index contributed by atoms with van der Waals surface area (Å²) in [6, 6.07) is 0. The molecule has 0 aliphatic heterocycles. The predicted molar refractivity (Wildman–Crippen MR) is 108 cm³/mol. The maximum Gasteiger partial charge on any atom is 0.373 e. The Kier molecular flexibility index (Phi) is 5.01. The molecule has 2 aromatic rings. The van der Waals surface area contributed by atoms with Gasteiger partial charge >= 0.3 is 5.97 Å². The first-order chi connectivity index (χ1) is 12.5. The third-order valence-electron chi connectivity index (χ3n) is 5.17. The molecule has 146 valence electrons. The lowest BCUT2D eigenvalue weighted by Gasteiger charge is -2.37. The zero-order valence-electron chi connectivity index (χ0n) is 16.9. The molecule has 0 amide bonds. The Balaban J connectivity index is 2.06. The Morgan fingerprint density at radius 2 is 1.78 bits per heavy atom. The van der Waals surface area contributed by atoms with E-state index in [2.05, 4.69) is 56.4 Å². The molecule has 7 heteroatoms. The van der Waals surface area contributed by atoms with Crippen LogP contribution in [0.25, 0.3) is 0 Å². The SMILES string of the molecule is CC(C)CN(c1cnc(C(=O)O)nc1)c1nc2c(s1)C(C)(C)CCC2(C)C. The molecule has 1 N–H and O–H groups in total. The normalized spacial score (nSPS) is 17.6. The fourth-order valence-electron chi connectivity index (χ4n) is 3.43. The lowest BCUT2D eigenvalue weighted by atomic mass is 9.69. The fourth-order valence-corrected chi connectivity index (χ4v) is 4.84. The van der Waals surface area contributed by atoms with E-state index in [1.807, 2.05) is 0 Å². The number of hydrogen-bond donors (Lipinski definition) is 1. The van der Waals surface area contributed by atoms with Crippen LogP contribution in [0.4, 0.5) is 10.8 Å². The highest BCUT2D eigenvalue weighted by molar-refractivity contribution is 7.16. The largest absolute Gasteiger partial charge is 0.475 e. The van der Waals surface area contributed by atoms with Crippen molar-refractivity contribution in [3.05, 3.63) is 28.8 Å². The number of fused-ring (bicyclic) bond motifs is 1. The van der Waals surface area contributed by atoms with Gasteiger partial charge in [0.1, 0.15) is 0 Å². The van der Waals surface area contributed by atoms with Crippen molar-refractivity contribution in [1.82, 2.24) is 15.0 Å². The molecule has 0 aromatic carbocycles. The number of nitrogens with zero attached hydrogens (tertiary/aromatic N) is 4. The van der Waals surface area contributed by atoms with E-state index in [9.17, 15) is 4.79 Å². The predicted octanol–water partition coefficient (Wildman–Crippen LogP) is 4.77. The summed E-state index contributed by atoms with van der Waals surface area (Å²) in [5.74, 6) is -0.903. The van der Waals surface area contributed by atoms with Crippen molar-refractivity contribution in [2.45, 2.75) is 65.2 Å².